The molecule has 0 radical (unpaired) electrons. The summed E-state index contributed by atoms with van der Waals surface area (Å²) in [6.45, 7) is 3.99. The SMILES string of the molecule is Cc1cc(N)cc(S(=O)(=O)NCCCc2ncc[nH]2)c1C. The molecule has 0 aliphatic heterocycles. The summed E-state index contributed by atoms with van der Waals surface area (Å²) in [5.41, 5.74) is 7.78. The minimum atomic E-state index is -3.54. The average molecular weight is 308 g/mol. The van der Waals surface area contributed by atoms with Gasteiger partial charge in [0.2, 0.25) is 10.0 Å². The fourth-order valence-electron chi connectivity index (χ4n) is 2.11. The first-order valence-electron chi connectivity index (χ1n) is 6.75. The molecule has 1 aromatic heterocycles. The Kier molecular flexibility index (Phi) is 4.64. The third kappa shape index (κ3) is 3.83. The van der Waals surface area contributed by atoms with Gasteiger partial charge in [-0.05, 0) is 43.5 Å². The van der Waals surface area contributed by atoms with E-state index in [-0.39, 0.29) is 4.90 Å². The zero-order valence-electron chi connectivity index (χ0n) is 12.2. The molecule has 1 heterocycles. The number of hydrogen-bond donors (Lipinski definition) is 3. The Morgan fingerprint density at radius 3 is 2.76 bits per heavy atom. The lowest BCUT2D eigenvalue weighted by Crippen LogP contribution is -2.26. The van der Waals surface area contributed by atoms with Crippen molar-refractivity contribution in [3.05, 3.63) is 41.5 Å². The van der Waals surface area contributed by atoms with E-state index in [1.807, 2.05) is 6.92 Å². The number of sulfonamides is 1. The van der Waals surface area contributed by atoms with Gasteiger partial charge in [-0.3, -0.25) is 0 Å². The van der Waals surface area contributed by atoms with Crippen LogP contribution in [-0.4, -0.2) is 24.9 Å². The Morgan fingerprint density at radius 2 is 2.10 bits per heavy atom. The molecule has 21 heavy (non-hydrogen) atoms. The fraction of sp³-hybridized carbons (Fsp3) is 0.357. The Balaban J connectivity index is 2.02. The second-order valence-electron chi connectivity index (χ2n) is 5.00. The third-order valence-corrected chi connectivity index (χ3v) is 4.96. The first kappa shape index (κ1) is 15.5. The van der Waals surface area contributed by atoms with Gasteiger partial charge in [-0.1, -0.05) is 0 Å². The first-order valence-corrected chi connectivity index (χ1v) is 8.23. The van der Waals surface area contributed by atoms with Crippen molar-refractivity contribution in [2.24, 2.45) is 0 Å². The number of aromatic nitrogens is 2. The molecule has 0 fully saturated rings. The van der Waals surface area contributed by atoms with Gasteiger partial charge in [0, 0.05) is 31.0 Å². The van der Waals surface area contributed by atoms with E-state index in [0.717, 1.165) is 17.0 Å². The second-order valence-corrected chi connectivity index (χ2v) is 6.73. The van der Waals surface area contributed by atoms with Gasteiger partial charge in [0.25, 0.3) is 0 Å². The Hall–Kier alpha value is -1.86. The lowest BCUT2D eigenvalue weighted by Gasteiger charge is -2.12. The molecule has 2 aromatic rings. The molecule has 6 nitrogen and oxygen atoms in total. The molecule has 0 unspecified atom stereocenters. The van der Waals surface area contributed by atoms with E-state index in [2.05, 4.69) is 14.7 Å². The number of imidazole rings is 1. The standard InChI is InChI=1S/C14H20N4O2S/c1-10-8-12(15)9-13(11(10)2)21(19,20)18-5-3-4-14-16-6-7-17-14/h6-9,18H,3-5,15H2,1-2H3,(H,16,17). The maximum absolute atomic E-state index is 12.3. The molecule has 0 saturated heterocycles. The van der Waals surface area contributed by atoms with Crippen molar-refractivity contribution < 1.29 is 8.42 Å². The zero-order chi connectivity index (χ0) is 15.5. The van der Waals surface area contributed by atoms with Gasteiger partial charge >= 0.3 is 0 Å². The molecule has 2 rings (SSSR count). The number of nitrogen functional groups attached to an aromatic ring is 1. The van der Waals surface area contributed by atoms with Crippen molar-refractivity contribution in [2.45, 2.75) is 31.6 Å². The van der Waals surface area contributed by atoms with Crippen molar-refractivity contribution in [1.82, 2.24) is 14.7 Å². The normalized spacial score (nSPS) is 11.7. The van der Waals surface area contributed by atoms with Gasteiger partial charge < -0.3 is 10.7 Å². The number of hydrogen-bond acceptors (Lipinski definition) is 4. The van der Waals surface area contributed by atoms with E-state index in [0.29, 0.717) is 25.1 Å². The second kappa shape index (κ2) is 6.28. The van der Waals surface area contributed by atoms with Crippen LogP contribution in [0.15, 0.2) is 29.4 Å². The molecule has 0 aliphatic carbocycles. The molecular formula is C14H20N4O2S. The van der Waals surface area contributed by atoms with Crippen LogP contribution < -0.4 is 10.5 Å². The number of nitrogens with zero attached hydrogens (tertiary/aromatic N) is 1. The number of benzene rings is 1. The van der Waals surface area contributed by atoms with Crippen LogP contribution in [-0.2, 0) is 16.4 Å². The smallest absolute Gasteiger partial charge is 0.240 e. The van der Waals surface area contributed by atoms with Crippen molar-refractivity contribution in [2.75, 3.05) is 12.3 Å². The predicted molar refractivity (Wildman–Crippen MR) is 82.4 cm³/mol. The number of nitrogens with one attached hydrogen (secondary N) is 2. The minimum absolute atomic E-state index is 0.248. The maximum atomic E-state index is 12.3. The molecule has 0 saturated carbocycles. The van der Waals surface area contributed by atoms with Crippen molar-refractivity contribution >= 4 is 15.7 Å². The highest BCUT2D eigenvalue weighted by molar-refractivity contribution is 7.89. The van der Waals surface area contributed by atoms with Crippen LogP contribution in [0.5, 0.6) is 0 Å². The molecule has 7 heteroatoms. The summed E-state index contributed by atoms with van der Waals surface area (Å²) in [6, 6.07) is 3.27. The van der Waals surface area contributed by atoms with Crippen LogP contribution in [0.3, 0.4) is 0 Å². The van der Waals surface area contributed by atoms with Crippen molar-refractivity contribution in [3.63, 3.8) is 0 Å². The lowest BCUT2D eigenvalue weighted by molar-refractivity contribution is 0.577. The molecule has 0 aliphatic rings. The van der Waals surface area contributed by atoms with E-state index in [9.17, 15) is 8.42 Å². The zero-order valence-corrected chi connectivity index (χ0v) is 13.0. The Bertz CT molecular complexity index is 709. The molecular weight excluding hydrogens is 288 g/mol. The van der Waals surface area contributed by atoms with Crippen LogP contribution in [0.1, 0.15) is 23.4 Å². The van der Waals surface area contributed by atoms with Crippen LogP contribution in [0.25, 0.3) is 0 Å². The lowest BCUT2D eigenvalue weighted by atomic mass is 10.1. The van der Waals surface area contributed by atoms with E-state index in [1.165, 1.54) is 6.07 Å². The van der Waals surface area contributed by atoms with Crippen molar-refractivity contribution in [1.29, 1.82) is 0 Å². The number of anilines is 1. The summed E-state index contributed by atoms with van der Waals surface area (Å²) in [6.07, 6.45) is 4.80. The molecule has 0 amide bonds. The third-order valence-electron chi connectivity index (χ3n) is 3.37. The van der Waals surface area contributed by atoms with Crippen molar-refractivity contribution in [3.8, 4) is 0 Å². The Morgan fingerprint density at radius 1 is 1.33 bits per heavy atom. The highest BCUT2D eigenvalue weighted by Gasteiger charge is 2.18. The van der Waals surface area contributed by atoms with Gasteiger partial charge in [0.15, 0.2) is 0 Å². The molecule has 0 bridgehead atoms. The quantitative estimate of drug-likeness (QED) is 0.556. The van der Waals surface area contributed by atoms with E-state index in [1.54, 1.807) is 25.4 Å². The monoisotopic (exact) mass is 308 g/mol. The summed E-state index contributed by atoms with van der Waals surface area (Å²) < 4.78 is 27.3. The Labute approximate surface area is 124 Å². The average Bonchev–Trinajstić information content (AvgIpc) is 2.92. The number of aromatic amines is 1. The fourth-order valence-corrected chi connectivity index (χ4v) is 3.53. The van der Waals surface area contributed by atoms with Gasteiger partial charge in [-0.2, -0.15) is 0 Å². The summed E-state index contributed by atoms with van der Waals surface area (Å²) in [7, 11) is -3.54. The van der Waals surface area contributed by atoms with Gasteiger partial charge in [0.1, 0.15) is 5.82 Å². The topological polar surface area (TPSA) is 101 Å². The molecule has 4 N–H and O–H groups in total. The van der Waals surface area contributed by atoms with Gasteiger partial charge in [-0.15, -0.1) is 0 Å². The summed E-state index contributed by atoms with van der Waals surface area (Å²) >= 11 is 0. The summed E-state index contributed by atoms with van der Waals surface area (Å²) in [5.74, 6) is 0.852. The van der Waals surface area contributed by atoms with Crippen LogP contribution in [0.4, 0.5) is 5.69 Å². The number of H-pyrrole nitrogens is 1. The van der Waals surface area contributed by atoms with E-state index >= 15 is 0 Å². The minimum Gasteiger partial charge on any atom is -0.399 e. The molecule has 1 aromatic carbocycles. The maximum Gasteiger partial charge on any atom is 0.240 e. The molecule has 114 valence electrons. The van der Waals surface area contributed by atoms with E-state index in [4.69, 9.17) is 5.73 Å². The van der Waals surface area contributed by atoms with Gasteiger partial charge in [0.05, 0.1) is 4.90 Å². The molecule has 0 spiro atoms. The number of rotatable bonds is 6. The summed E-state index contributed by atoms with van der Waals surface area (Å²) in [5, 5.41) is 0. The first-order chi connectivity index (χ1) is 9.90. The largest absolute Gasteiger partial charge is 0.399 e. The summed E-state index contributed by atoms with van der Waals surface area (Å²) in [4.78, 5) is 7.33. The number of aryl methyl sites for hydroxylation is 2. The predicted octanol–water partition coefficient (Wildman–Crippen LogP) is 1.52. The number of nitrogens with two attached hydrogens (primary N) is 1. The van der Waals surface area contributed by atoms with Gasteiger partial charge in [-0.25, -0.2) is 18.1 Å². The molecule has 0 atom stereocenters. The highest BCUT2D eigenvalue weighted by atomic mass is 32.2. The van der Waals surface area contributed by atoms with E-state index < -0.39 is 10.0 Å². The van der Waals surface area contributed by atoms with Crippen LogP contribution in [0, 0.1) is 13.8 Å². The highest BCUT2D eigenvalue weighted by Crippen LogP contribution is 2.22. The van der Waals surface area contributed by atoms with Crippen LogP contribution in [0.2, 0.25) is 0 Å². The van der Waals surface area contributed by atoms with Crippen LogP contribution >= 0.6 is 0 Å².